The van der Waals surface area contributed by atoms with Gasteiger partial charge in [-0.15, -0.1) is 0 Å². The van der Waals surface area contributed by atoms with Crippen LogP contribution in [0.15, 0.2) is 59.8 Å². The normalized spacial score (nSPS) is 35.0. The molecule has 0 aromatic heterocycles. The molecule has 4 heteroatoms. The first kappa shape index (κ1) is 27.7. The predicted molar refractivity (Wildman–Crippen MR) is 143 cm³/mol. The Morgan fingerprint density at radius 1 is 1.00 bits per heavy atom. The summed E-state index contributed by atoms with van der Waals surface area (Å²) in [5.41, 5.74) is 2.71. The number of fused-ring (bicyclic) bond motifs is 4. The van der Waals surface area contributed by atoms with E-state index in [4.69, 9.17) is 14.2 Å². The first-order valence-electron chi connectivity index (χ1n) is 13.8. The molecule has 0 radical (unpaired) electrons. The van der Waals surface area contributed by atoms with Gasteiger partial charge in [0.1, 0.15) is 6.10 Å². The maximum Gasteiger partial charge on any atom is 0.309 e. The summed E-state index contributed by atoms with van der Waals surface area (Å²) in [5.74, 6) is -0.0941. The van der Waals surface area contributed by atoms with E-state index in [0.29, 0.717) is 6.10 Å². The summed E-state index contributed by atoms with van der Waals surface area (Å²) in [5, 5.41) is 0. The summed E-state index contributed by atoms with van der Waals surface area (Å²) < 4.78 is 18.9. The van der Waals surface area contributed by atoms with Gasteiger partial charge in [0.2, 0.25) is 0 Å². The van der Waals surface area contributed by atoms with Crippen molar-refractivity contribution in [1.82, 2.24) is 0 Å². The van der Waals surface area contributed by atoms with Gasteiger partial charge in [0.05, 0.1) is 30.8 Å². The highest BCUT2D eigenvalue weighted by Gasteiger charge is 2.32. The fraction of sp³-hybridized carbons (Fsp3) is 0.645. The Bertz CT molecular complexity index is 818. The van der Waals surface area contributed by atoms with E-state index in [1.165, 1.54) is 17.6 Å². The third-order valence-corrected chi connectivity index (χ3v) is 7.47. The number of hydrogen-bond donors (Lipinski definition) is 0. The maximum atomic E-state index is 13.0. The van der Waals surface area contributed by atoms with Crippen molar-refractivity contribution in [3.05, 3.63) is 59.8 Å². The van der Waals surface area contributed by atoms with Gasteiger partial charge < -0.3 is 14.2 Å². The number of rotatable bonds is 4. The van der Waals surface area contributed by atoms with Gasteiger partial charge in [0.15, 0.2) is 0 Å². The molecule has 0 saturated carbocycles. The van der Waals surface area contributed by atoms with Crippen LogP contribution in [-0.2, 0) is 19.0 Å². The first-order valence-corrected chi connectivity index (χ1v) is 13.8. The zero-order chi connectivity index (χ0) is 25.0. The summed E-state index contributed by atoms with van der Waals surface area (Å²) in [6.45, 7) is 8.48. The van der Waals surface area contributed by atoms with Gasteiger partial charge in [-0.05, 0) is 71.3 Å². The van der Waals surface area contributed by atoms with Crippen molar-refractivity contribution < 1.29 is 19.0 Å². The van der Waals surface area contributed by atoms with E-state index in [2.05, 4.69) is 52.0 Å². The van der Waals surface area contributed by atoms with Gasteiger partial charge in [-0.3, -0.25) is 4.79 Å². The van der Waals surface area contributed by atoms with E-state index in [0.717, 1.165) is 51.4 Å². The molecule has 0 aliphatic carbocycles. The number of ether oxygens (including phenoxy) is 3. The fourth-order valence-corrected chi connectivity index (χ4v) is 5.18. The Hall–Kier alpha value is -1.91. The minimum Gasteiger partial charge on any atom is -0.457 e. The summed E-state index contributed by atoms with van der Waals surface area (Å²) in [6.07, 6.45) is 26.5. The SMILES string of the molecule is CC=C1CC2CC(=O)OC(C=CC=CC=C(C)CC)[C@@H](C)C=CCC[C@H]3CCCC(C[C@@H](C1)O2)O3. The molecule has 0 N–H and O–H groups in total. The summed E-state index contributed by atoms with van der Waals surface area (Å²) >= 11 is 0. The average Bonchev–Trinajstić information content (AvgIpc) is 2.84. The van der Waals surface area contributed by atoms with Crippen LogP contribution in [0.3, 0.4) is 0 Å². The van der Waals surface area contributed by atoms with Crippen molar-refractivity contribution in [3.8, 4) is 0 Å². The standard InChI is InChI=1S/C31H46O4/c1-5-23(3)13-8-7-9-18-30-24(4)14-10-11-15-26-16-12-17-27(33-26)21-28-19-25(6-2)20-29(34-28)22-31(32)35-30/h6-10,13-14,18,24,26-30H,5,11-12,15-17,19-22H2,1-4H3/t24-,26-,27?,28+,29?,30?/m0/s1. The molecule has 0 spiro atoms. The minimum absolute atomic E-state index is 0.0931. The van der Waals surface area contributed by atoms with Crippen LogP contribution >= 0.6 is 0 Å². The lowest BCUT2D eigenvalue weighted by Crippen LogP contribution is -2.37. The lowest BCUT2D eigenvalue weighted by Gasteiger charge is -2.36. The molecule has 0 amide bonds. The molecule has 0 aromatic rings. The molecule has 35 heavy (non-hydrogen) atoms. The lowest BCUT2D eigenvalue weighted by molar-refractivity contribution is -0.154. The summed E-state index contributed by atoms with van der Waals surface area (Å²) in [7, 11) is 0. The van der Waals surface area contributed by atoms with Crippen molar-refractivity contribution in [2.24, 2.45) is 5.92 Å². The second kappa shape index (κ2) is 14.6. The summed E-state index contributed by atoms with van der Waals surface area (Å²) in [6, 6.07) is 0. The minimum atomic E-state index is -0.302. The molecule has 4 nitrogen and oxygen atoms in total. The van der Waals surface area contributed by atoms with Gasteiger partial charge in [-0.25, -0.2) is 0 Å². The number of allylic oxidation sites excluding steroid dienone is 7. The molecule has 3 heterocycles. The Balaban J connectivity index is 1.75. The Morgan fingerprint density at radius 2 is 1.77 bits per heavy atom. The van der Waals surface area contributed by atoms with Gasteiger partial charge in [0, 0.05) is 12.3 Å². The fourth-order valence-electron chi connectivity index (χ4n) is 5.18. The Kier molecular flexibility index (Phi) is 11.5. The van der Waals surface area contributed by atoms with Crippen LogP contribution in [0.1, 0.15) is 91.9 Å². The lowest BCUT2D eigenvalue weighted by atomic mass is 9.91. The molecule has 4 bridgehead atoms. The van der Waals surface area contributed by atoms with E-state index in [1.54, 1.807) is 0 Å². The molecule has 2 saturated heterocycles. The van der Waals surface area contributed by atoms with E-state index < -0.39 is 0 Å². The molecule has 3 rings (SSSR count). The first-order chi connectivity index (χ1) is 17.0. The average molecular weight is 483 g/mol. The molecule has 194 valence electrons. The van der Waals surface area contributed by atoms with E-state index >= 15 is 0 Å². The monoisotopic (exact) mass is 482 g/mol. The van der Waals surface area contributed by atoms with Crippen LogP contribution in [0.25, 0.3) is 0 Å². The Morgan fingerprint density at radius 3 is 2.57 bits per heavy atom. The molecular weight excluding hydrogens is 436 g/mol. The molecule has 3 aliphatic heterocycles. The third kappa shape index (κ3) is 9.57. The quantitative estimate of drug-likeness (QED) is 0.235. The molecular formula is C31H46O4. The second-order valence-electron chi connectivity index (χ2n) is 10.4. The van der Waals surface area contributed by atoms with Crippen molar-refractivity contribution in [2.45, 2.75) is 122 Å². The van der Waals surface area contributed by atoms with Gasteiger partial charge >= 0.3 is 5.97 Å². The van der Waals surface area contributed by atoms with Gasteiger partial charge in [-0.1, -0.05) is 67.5 Å². The Labute approximate surface area is 213 Å². The van der Waals surface area contributed by atoms with Crippen LogP contribution < -0.4 is 0 Å². The van der Waals surface area contributed by atoms with Crippen LogP contribution in [0.5, 0.6) is 0 Å². The number of esters is 1. The summed E-state index contributed by atoms with van der Waals surface area (Å²) in [4.78, 5) is 13.0. The van der Waals surface area contributed by atoms with Crippen molar-refractivity contribution in [1.29, 1.82) is 0 Å². The van der Waals surface area contributed by atoms with Gasteiger partial charge in [-0.2, -0.15) is 0 Å². The maximum absolute atomic E-state index is 13.0. The molecule has 2 fully saturated rings. The van der Waals surface area contributed by atoms with E-state index in [-0.39, 0.29) is 42.7 Å². The highest BCUT2D eigenvalue weighted by atomic mass is 16.5. The highest BCUT2D eigenvalue weighted by molar-refractivity contribution is 5.70. The third-order valence-electron chi connectivity index (χ3n) is 7.47. The second-order valence-corrected chi connectivity index (χ2v) is 10.4. The zero-order valence-electron chi connectivity index (χ0n) is 22.3. The van der Waals surface area contributed by atoms with Crippen LogP contribution in [0.2, 0.25) is 0 Å². The van der Waals surface area contributed by atoms with Crippen molar-refractivity contribution in [2.75, 3.05) is 0 Å². The van der Waals surface area contributed by atoms with Gasteiger partial charge in [0.25, 0.3) is 0 Å². The predicted octanol–water partition coefficient (Wildman–Crippen LogP) is 7.56. The van der Waals surface area contributed by atoms with Crippen molar-refractivity contribution >= 4 is 5.97 Å². The topological polar surface area (TPSA) is 44.8 Å². The number of carbonyl (C=O) groups excluding carboxylic acids is 1. The van der Waals surface area contributed by atoms with Crippen molar-refractivity contribution in [3.63, 3.8) is 0 Å². The largest absolute Gasteiger partial charge is 0.457 e. The smallest absolute Gasteiger partial charge is 0.309 e. The highest BCUT2D eigenvalue weighted by Crippen LogP contribution is 2.33. The molecule has 3 aliphatic rings. The number of cyclic esters (lactones) is 1. The van der Waals surface area contributed by atoms with E-state index in [9.17, 15) is 4.79 Å². The molecule has 0 aromatic carbocycles. The zero-order valence-corrected chi connectivity index (χ0v) is 22.3. The van der Waals surface area contributed by atoms with Crippen LogP contribution in [-0.4, -0.2) is 36.5 Å². The van der Waals surface area contributed by atoms with E-state index in [1.807, 2.05) is 24.3 Å². The molecule has 3 unspecified atom stereocenters. The van der Waals surface area contributed by atoms with Crippen LogP contribution in [0, 0.1) is 5.92 Å². The molecule has 6 atom stereocenters. The number of carbonyl (C=O) groups is 1. The number of hydrogen-bond acceptors (Lipinski definition) is 4. The van der Waals surface area contributed by atoms with Crippen LogP contribution in [0.4, 0.5) is 0 Å².